The maximum atomic E-state index is 15.7. The van der Waals surface area contributed by atoms with Crippen LogP contribution in [0, 0.1) is 11.7 Å². The largest absolute Gasteiger partial charge is 0.381 e. The molecule has 16 heteroatoms. The van der Waals surface area contributed by atoms with Crippen LogP contribution in [0.1, 0.15) is 48.3 Å². The Kier molecular flexibility index (Phi) is 9.35. The number of aryl methyl sites for hydroxylation is 1. The second-order valence-electron chi connectivity index (χ2n) is 16.4. The Morgan fingerprint density at radius 3 is 2.49 bits per heavy atom. The molecule has 4 aliphatic rings. The molecule has 0 spiro atoms. The number of hydrogen-bond acceptors (Lipinski definition) is 11. The number of nitrogens with zero attached hydrogens (tertiary/aromatic N) is 7. The number of fused-ring (bicyclic) bond motifs is 6. The Balaban J connectivity index is 0.756. The normalized spacial score (nSPS) is 20.8. The molecule has 304 valence electrons. The summed E-state index contributed by atoms with van der Waals surface area (Å²) in [5, 5.41) is 10.8. The third-order valence-corrected chi connectivity index (χ3v) is 13.7. The number of carbonyl (C=O) groups excluding carboxylic acids is 3. The Morgan fingerprint density at radius 1 is 0.898 bits per heavy atom. The van der Waals surface area contributed by atoms with Gasteiger partial charge < -0.3 is 20.4 Å². The quantitative estimate of drug-likeness (QED) is 0.199. The van der Waals surface area contributed by atoms with Crippen LogP contribution < -0.4 is 31.4 Å². The monoisotopic (exact) mass is 816 g/mol. The Labute approximate surface area is 343 Å². The Hall–Kier alpha value is -5.87. The lowest BCUT2D eigenvalue weighted by molar-refractivity contribution is -0.135. The van der Waals surface area contributed by atoms with Crippen LogP contribution in [0.25, 0.3) is 43.3 Å². The summed E-state index contributed by atoms with van der Waals surface area (Å²) in [6, 6.07) is 14.7. The molecule has 6 aromatic rings. The molecule has 3 N–H and O–H groups in total. The zero-order chi connectivity index (χ0) is 40.5. The number of hydrogen-bond donors (Lipinski definition) is 3. The van der Waals surface area contributed by atoms with Crippen molar-refractivity contribution in [3.05, 3.63) is 75.9 Å². The highest BCUT2D eigenvalue weighted by Crippen LogP contribution is 2.41. The molecular formula is C43H45FN10O4S. The molecule has 4 aliphatic heterocycles. The molecule has 14 nitrogen and oxygen atoms in total. The van der Waals surface area contributed by atoms with Gasteiger partial charge in [0.25, 0.3) is 5.91 Å². The van der Waals surface area contributed by atoms with E-state index in [0.717, 1.165) is 83.4 Å². The van der Waals surface area contributed by atoms with Crippen molar-refractivity contribution in [2.45, 2.75) is 44.7 Å². The predicted molar refractivity (Wildman–Crippen MR) is 228 cm³/mol. The number of imide groups is 1. The van der Waals surface area contributed by atoms with Crippen LogP contribution in [-0.4, -0.2) is 100 Å². The van der Waals surface area contributed by atoms with Crippen LogP contribution in [0.2, 0.25) is 0 Å². The Bertz CT molecular complexity index is 2750. The van der Waals surface area contributed by atoms with Crippen LogP contribution in [0.3, 0.4) is 0 Å². The number of imidazole rings is 1. The third-order valence-electron chi connectivity index (χ3n) is 12.6. The van der Waals surface area contributed by atoms with Gasteiger partial charge in [0.2, 0.25) is 11.8 Å². The molecule has 2 atom stereocenters. The van der Waals surface area contributed by atoms with Crippen LogP contribution in [0.4, 0.5) is 21.6 Å². The van der Waals surface area contributed by atoms with E-state index < -0.39 is 11.9 Å². The van der Waals surface area contributed by atoms with Crippen molar-refractivity contribution >= 4 is 78.3 Å². The number of anilines is 3. The van der Waals surface area contributed by atoms with Gasteiger partial charge in [-0.1, -0.05) is 0 Å². The molecule has 10 rings (SSSR count). The highest BCUT2D eigenvalue weighted by atomic mass is 32.1. The highest BCUT2D eigenvalue weighted by Gasteiger charge is 2.32. The summed E-state index contributed by atoms with van der Waals surface area (Å²) in [5.41, 5.74) is 5.12. The molecule has 3 saturated heterocycles. The second-order valence-corrected chi connectivity index (χ2v) is 17.4. The van der Waals surface area contributed by atoms with Gasteiger partial charge in [0.05, 0.1) is 27.9 Å². The summed E-state index contributed by atoms with van der Waals surface area (Å²) in [4.78, 5) is 67.5. The molecule has 2 aromatic carbocycles. The summed E-state index contributed by atoms with van der Waals surface area (Å²) >= 11 is 1.47. The number of nitrogens with one attached hydrogen (secondary N) is 3. The molecule has 4 aromatic heterocycles. The van der Waals surface area contributed by atoms with Crippen molar-refractivity contribution in [2.24, 2.45) is 13.0 Å². The minimum absolute atomic E-state index is 0.0226. The number of carbonyl (C=O) groups is 3. The smallest absolute Gasteiger partial charge is 0.329 e. The fraction of sp³-hybridized carbons (Fsp3) is 0.395. The summed E-state index contributed by atoms with van der Waals surface area (Å²) in [6.07, 6.45) is 4.32. The highest BCUT2D eigenvalue weighted by molar-refractivity contribution is 7.21. The number of pyridine rings is 2. The van der Waals surface area contributed by atoms with E-state index in [1.807, 2.05) is 54.3 Å². The van der Waals surface area contributed by atoms with Gasteiger partial charge in [-0.3, -0.25) is 33.7 Å². The average Bonchev–Trinajstić information content (AvgIpc) is 3.69. The molecule has 3 amide bonds. The molecular weight excluding hydrogens is 772 g/mol. The Morgan fingerprint density at radius 2 is 1.71 bits per heavy atom. The van der Waals surface area contributed by atoms with Crippen molar-refractivity contribution in [1.82, 2.24) is 34.6 Å². The van der Waals surface area contributed by atoms with Crippen LogP contribution in [0.5, 0.6) is 0 Å². The number of piperazine rings is 1. The lowest BCUT2D eigenvalue weighted by Gasteiger charge is -2.39. The summed E-state index contributed by atoms with van der Waals surface area (Å²) in [5.74, 6) is -0.250. The standard InChI is InChI=1S/C43H45FN10O4S/c1-24-21-45-38-37-28-4-5-30(48-31(28)6-9-35(37)59-39(38)42(57)47-24)26-19-29(44)40(46-22-26)53-17-15-51(16-18-53)23-25-11-13-52(14-12-25)27-3-7-32-34(20-27)50(2)43(58)54(32)33-8-10-36(55)49-41(33)56/h3-7,9,19-20,22,24-25,33,45H,8,10-18,21,23H2,1-2H3,(H,47,57)(H,49,55,56)/t24-,33?/m1/s1. The molecule has 0 radical (unpaired) electrons. The number of piperidine rings is 2. The molecule has 0 bridgehead atoms. The minimum Gasteiger partial charge on any atom is -0.381 e. The fourth-order valence-electron chi connectivity index (χ4n) is 9.35. The predicted octanol–water partition coefficient (Wildman–Crippen LogP) is 4.86. The fourth-order valence-corrected chi connectivity index (χ4v) is 10.4. The molecule has 0 saturated carbocycles. The van der Waals surface area contributed by atoms with Crippen LogP contribution in [-0.2, 0) is 16.6 Å². The second kappa shape index (κ2) is 14.7. The van der Waals surface area contributed by atoms with E-state index in [-0.39, 0.29) is 35.8 Å². The summed E-state index contributed by atoms with van der Waals surface area (Å²) < 4.78 is 19.9. The molecule has 1 unspecified atom stereocenters. The minimum atomic E-state index is -0.701. The van der Waals surface area contributed by atoms with E-state index in [0.29, 0.717) is 59.4 Å². The lowest BCUT2D eigenvalue weighted by Crippen LogP contribution is -2.49. The van der Waals surface area contributed by atoms with E-state index in [1.54, 1.807) is 17.8 Å². The summed E-state index contributed by atoms with van der Waals surface area (Å²) in [6.45, 7) is 8.48. The topological polar surface area (TPSA) is 150 Å². The summed E-state index contributed by atoms with van der Waals surface area (Å²) in [7, 11) is 1.72. The third kappa shape index (κ3) is 6.67. The van der Waals surface area contributed by atoms with E-state index in [9.17, 15) is 19.2 Å². The van der Waals surface area contributed by atoms with Crippen LogP contribution >= 0.6 is 11.3 Å². The first kappa shape index (κ1) is 37.4. The molecule has 8 heterocycles. The lowest BCUT2D eigenvalue weighted by atomic mass is 9.95. The van der Waals surface area contributed by atoms with Gasteiger partial charge >= 0.3 is 5.69 Å². The average molecular weight is 817 g/mol. The molecule has 3 fully saturated rings. The van der Waals surface area contributed by atoms with Gasteiger partial charge in [-0.05, 0) is 80.6 Å². The zero-order valence-electron chi connectivity index (χ0n) is 33.0. The van der Waals surface area contributed by atoms with Crippen molar-refractivity contribution < 1.29 is 18.8 Å². The number of aromatic nitrogens is 4. The first-order valence-corrected chi connectivity index (χ1v) is 21.2. The van der Waals surface area contributed by atoms with E-state index in [4.69, 9.17) is 4.98 Å². The van der Waals surface area contributed by atoms with Gasteiger partial charge in [0.1, 0.15) is 10.9 Å². The van der Waals surface area contributed by atoms with Gasteiger partial charge in [-0.15, -0.1) is 11.3 Å². The number of thiophene rings is 1. The maximum Gasteiger partial charge on any atom is 0.329 e. The number of amides is 3. The van der Waals surface area contributed by atoms with Gasteiger partial charge in [-0.2, -0.15) is 0 Å². The number of halogens is 1. The zero-order valence-corrected chi connectivity index (χ0v) is 33.8. The van der Waals surface area contributed by atoms with E-state index in [2.05, 4.69) is 30.7 Å². The molecule has 0 aliphatic carbocycles. The SMILES string of the molecule is C[C@@H]1CNc2c(sc3ccc4nc(-c5cnc(N6CCN(CC7CCN(c8ccc9c(c8)n(C)c(=O)n9C8CCC(=O)NC8=O)CC7)CC6)c(F)c5)ccc4c23)C(=O)N1. The van der Waals surface area contributed by atoms with E-state index in [1.165, 1.54) is 22.0 Å². The van der Waals surface area contributed by atoms with Crippen molar-refractivity contribution in [1.29, 1.82) is 0 Å². The number of benzene rings is 2. The van der Waals surface area contributed by atoms with Gasteiger partial charge in [-0.25, -0.2) is 19.2 Å². The van der Waals surface area contributed by atoms with Crippen molar-refractivity contribution in [3.63, 3.8) is 0 Å². The van der Waals surface area contributed by atoms with Crippen molar-refractivity contribution in [2.75, 3.05) is 67.5 Å². The maximum absolute atomic E-state index is 15.7. The molecule has 59 heavy (non-hydrogen) atoms. The van der Waals surface area contributed by atoms with Gasteiger partial charge in [0, 0.05) is 105 Å². The first-order chi connectivity index (χ1) is 28.6. The first-order valence-electron chi connectivity index (χ1n) is 20.4. The van der Waals surface area contributed by atoms with Crippen LogP contribution in [0.15, 0.2) is 59.5 Å². The van der Waals surface area contributed by atoms with E-state index >= 15 is 4.39 Å². The van der Waals surface area contributed by atoms with Gasteiger partial charge in [0.15, 0.2) is 11.6 Å². The number of rotatable bonds is 6. The van der Waals surface area contributed by atoms with Crippen molar-refractivity contribution in [3.8, 4) is 11.3 Å².